The number of aromatic nitrogens is 3. The summed E-state index contributed by atoms with van der Waals surface area (Å²) in [5.41, 5.74) is 5.53. The fourth-order valence-electron chi connectivity index (χ4n) is 4.80. The molecule has 5 nitrogen and oxygen atoms in total. The molecule has 0 spiro atoms. The predicted molar refractivity (Wildman–Crippen MR) is 127 cm³/mol. The summed E-state index contributed by atoms with van der Waals surface area (Å²) < 4.78 is 15.7. The number of hydrogen-bond acceptors (Lipinski definition) is 4. The number of benzene rings is 1. The lowest BCUT2D eigenvalue weighted by molar-refractivity contribution is -0.116. The van der Waals surface area contributed by atoms with Crippen molar-refractivity contribution in [3.8, 4) is 22.4 Å². The van der Waals surface area contributed by atoms with Crippen molar-refractivity contribution in [1.82, 2.24) is 19.7 Å². The van der Waals surface area contributed by atoms with Crippen LogP contribution in [-0.2, 0) is 24.3 Å². The Balaban J connectivity index is 1.63. The number of fused-ring (bicyclic) bond motifs is 1. The van der Waals surface area contributed by atoms with E-state index in [1.165, 1.54) is 12.1 Å². The molecule has 2 aliphatic rings. The molecule has 1 aromatic carbocycles. The molecule has 1 aliphatic carbocycles. The first kappa shape index (κ1) is 21.5. The quantitative estimate of drug-likeness (QED) is 0.560. The summed E-state index contributed by atoms with van der Waals surface area (Å²) in [5, 5.41) is 4.97. The zero-order chi connectivity index (χ0) is 23.0. The number of Topliss-reactive ketones (excluding diaryl/α,β-unsaturated/α-hetero) is 1. The van der Waals surface area contributed by atoms with E-state index < -0.39 is 0 Å². The fraction of sp³-hybridized carbons (Fsp3) is 0.296. The molecule has 0 saturated carbocycles. The molecule has 0 saturated heterocycles. The minimum atomic E-state index is -0.270. The summed E-state index contributed by atoms with van der Waals surface area (Å²) in [6.07, 6.45) is 11.7. The van der Waals surface area contributed by atoms with Crippen LogP contribution in [0.4, 0.5) is 4.39 Å². The van der Waals surface area contributed by atoms with Crippen LogP contribution < -0.4 is 0 Å². The second-order valence-electron chi connectivity index (χ2n) is 9.09. The molecule has 3 heterocycles. The van der Waals surface area contributed by atoms with E-state index in [2.05, 4.69) is 45.8 Å². The third-order valence-corrected chi connectivity index (χ3v) is 6.59. The average molecular weight is 443 g/mol. The van der Waals surface area contributed by atoms with Gasteiger partial charge in [0, 0.05) is 48.1 Å². The summed E-state index contributed by atoms with van der Waals surface area (Å²) in [6, 6.07) is 10.4. The van der Waals surface area contributed by atoms with Gasteiger partial charge in [0.05, 0.1) is 12.2 Å². The fourth-order valence-corrected chi connectivity index (χ4v) is 4.80. The van der Waals surface area contributed by atoms with Crippen molar-refractivity contribution in [3.05, 3.63) is 84.1 Å². The summed E-state index contributed by atoms with van der Waals surface area (Å²) in [6.45, 7) is 6.28. The van der Waals surface area contributed by atoms with E-state index in [0.717, 1.165) is 59.8 Å². The maximum atomic E-state index is 13.6. The zero-order valence-corrected chi connectivity index (χ0v) is 19.0. The molecule has 1 aliphatic heterocycles. The van der Waals surface area contributed by atoms with Crippen molar-refractivity contribution in [2.45, 2.75) is 45.3 Å². The van der Waals surface area contributed by atoms with Gasteiger partial charge in [0.2, 0.25) is 0 Å². The molecular weight excluding hydrogens is 415 g/mol. The number of ketones is 1. The van der Waals surface area contributed by atoms with E-state index in [9.17, 15) is 9.18 Å². The highest BCUT2D eigenvalue weighted by Gasteiger charge is 2.34. The minimum Gasteiger partial charge on any atom is -0.300 e. The van der Waals surface area contributed by atoms with Gasteiger partial charge in [-0.3, -0.25) is 19.4 Å². The van der Waals surface area contributed by atoms with Crippen LogP contribution in [0.3, 0.4) is 0 Å². The van der Waals surface area contributed by atoms with E-state index >= 15 is 0 Å². The number of hydrogen-bond donors (Lipinski definition) is 0. The molecule has 0 bridgehead atoms. The molecule has 0 radical (unpaired) electrons. The molecule has 0 N–H and O–H groups in total. The smallest absolute Gasteiger partial charge is 0.135 e. The van der Waals surface area contributed by atoms with Crippen LogP contribution in [0.2, 0.25) is 0 Å². The topological polar surface area (TPSA) is 51.0 Å². The van der Waals surface area contributed by atoms with Crippen molar-refractivity contribution in [2.24, 2.45) is 0 Å². The van der Waals surface area contributed by atoms with Gasteiger partial charge >= 0.3 is 0 Å². The average Bonchev–Trinajstić information content (AvgIpc) is 3.18. The number of nitrogens with zero attached hydrogens (tertiary/aromatic N) is 4. The summed E-state index contributed by atoms with van der Waals surface area (Å²) in [7, 11) is 0. The summed E-state index contributed by atoms with van der Waals surface area (Å²) in [5.74, 6) is -0.195. The van der Waals surface area contributed by atoms with Crippen LogP contribution >= 0.6 is 0 Å². The first-order valence-corrected chi connectivity index (χ1v) is 11.3. The van der Waals surface area contributed by atoms with E-state index in [0.29, 0.717) is 6.42 Å². The van der Waals surface area contributed by atoms with Gasteiger partial charge in [-0.2, -0.15) is 5.10 Å². The van der Waals surface area contributed by atoms with Crippen molar-refractivity contribution < 1.29 is 9.18 Å². The molecule has 5 rings (SSSR count). The van der Waals surface area contributed by atoms with E-state index in [1.807, 2.05) is 12.1 Å². The van der Waals surface area contributed by atoms with Gasteiger partial charge in [-0.25, -0.2) is 4.39 Å². The molecule has 168 valence electrons. The van der Waals surface area contributed by atoms with Gasteiger partial charge in [-0.1, -0.05) is 24.3 Å². The number of halogens is 1. The van der Waals surface area contributed by atoms with Crippen LogP contribution in [0.25, 0.3) is 22.4 Å². The van der Waals surface area contributed by atoms with E-state index in [-0.39, 0.29) is 17.1 Å². The second-order valence-corrected chi connectivity index (χ2v) is 9.09. The van der Waals surface area contributed by atoms with E-state index in [4.69, 9.17) is 5.10 Å². The SMILES string of the molecule is CC(=O)Cc1cc(-c2c(-c3ccc(F)cc3)nn3c2CN(C2(C)C=CC=CC2)CC3)ccn1. The van der Waals surface area contributed by atoms with Gasteiger partial charge in [0.1, 0.15) is 17.3 Å². The number of carbonyl (C=O) groups excluding carboxylic acids is 1. The second kappa shape index (κ2) is 8.52. The molecule has 0 fully saturated rings. The third kappa shape index (κ3) is 4.18. The Bertz CT molecular complexity index is 1260. The molecule has 1 unspecified atom stereocenters. The monoisotopic (exact) mass is 442 g/mol. The molecular formula is C27H27FN4O. The number of pyridine rings is 1. The minimum absolute atomic E-state index is 0.0460. The lowest BCUT2D eigenvalue weighted by atomic mass is 9.90. The van der Waals surface area contributed by atoms with Crippen LogP contribution in [0.5, 0.6) is 0 Å². The summed E-state index contributed by atoms with van der Waals surface area (Å²) in [4.78, 5) is 18.6. The molecule has 0 amide bonds. The maximum Gasteiger partial charge on any atom is 0.135 e. The van der Waals surface area contributed by atoms with E-state index in [1.54, 1.807) is 25.3 Å². The Hall–Kier alpha value is -3.38. The van der Waals surface area contributed by atoms with Gasteiger partial charge in [0.15, 0.2) is 0 Å². The number of allylic oxidation sites excluding steroid dienone is 2. The van der Waals surface area contributed by atoms with Crippen LogP contribution in [0, 0.1) is 5.82 Å². The largest absolute Gasteiger partial charge is 0.300 e. The predicted octanol–water partition coefficient (Wildman–Crippen LogP) is 4.97. The molecule has 1 atom stereocenters. The Morgan fingerprint density at radius 1 is 1.12 bits per heavy atom. The van der Waals surface area contributed by atoms with Gasteiger partial charge in [0.25, 0.3) is 0 Å². The molecule has 2 aromatic heterocycles. The normalized spacial score (nSPS) is 20.1. The highest BCUT2D eigenvalue weighted by molar-refractivity contribution is 5.84. The van der Waals surface area contributed by atoms with Crippen LogP contribution in [0.1, 0.15) is 31.7 Å². The Morgan fingerprint density at radius 3 is 2.67 bits per heavy atom. The van der Waals surface area contributed by atoms with Crippen molar-refractivity contribution >= 4 is 5.78 Å². The Morgan fingerprint density at radius 2 is 1.94 bits per heavy atom. The number of carbonyl (C=O) groups is 1. The third-order valence-electron chi connectivity index (χ3n) is 6.59. The van der Waals surface area contributed by atoms with Crippen LogP contribution in [0.15, 0.2) is 66.9 Å². The van der Waals surface area contributed by atoms with Crippen LogP contribution in [-0.4, -0.2) is 37.5 Å². The maximum absolute atomic E-state index is 13.6. The number of rotatable bonds is 5. The van der Waals surface area contributed by atoms with Crippen molar-refractivity contribution in [3.63, 3.8) is 0 Å². The lowest BCUT2D eigenvalue weighted by Crippen LogP contribution is -2.48. The standard InChI is InChI=1S/C27H27FN4O/c1-19(33)16-23-17-21(10-13-29-23)25-24-18-31(27(2)11-4-3-5-12-27)14-15-32(24)30-26(25)20-6-8-22(28)9-7-20/h3-11,13,17H,12,14-16,18H2,1-2H3. The highest BCUT2D eigenvalue weighted by atomic mass is 19.1. The van der Waals surface area contributed by atoms with Gasteiger partial charge in [-0.15, -0.1) is 0 Å². The molecule has 33 heavy (non-hydrogen) atoms. The first-order valence-electron chi connectivity index (χ1n) is 11.3. The zero-order valence-electron chi connectivity index (χ0n) is 19.0. The lowest BCUT2D eigenvalue weighted by Gasteiger charge is -2.42. The Labute approximate surface area is 193 Å². The van der Waals surface area contributed by atoms with Gasteiger partial charge in [-0.05, 0) is 62.2 Å². The first-order chi connectivity index (χ1) is 15.9. The Kier molecular flexibility index (Phi) is 5.54. The highest BCUT2D eigenvalue weighted by Crippen LogP contribution is 2.39. The van der Waals surface area contributed by atoms with Crippen molar-refractivity contribution in [1.29, 1.82) is 0 Å². The summed E-state index contributed by atoms with van der Waals surface area (Å²) >= 11 is 0. The van der Waals surface area contributed by atoms with Gasteiger partial charge < -0.3 is 0 Å². The van der Waals surface area contributed by atoms with Crippen molar-refractivity contribution in [2.75, 3.05) is 6.54 Å². The molecule has 6 heteroatoms. The molecule has 3 aromatic rings.